The Labute approximate surface area is 124 Å². The molecule has 20 heavy (non-hydrogen) atoms. The van der Waals surface area contributed by atoms with E-state index in [1.165, 1.54) is 7.11 Å². The maximum absolute atomic E-state index is 11.3. The van der Waals surface area contributed by atoms with Crippen LogP contribution in [0, 0.1) is 0 Å². The summed E-state index contributed by atoms with van der Waals surface area (Å²) >= 11 is 0. The van der Waals surface area contributed by atoms with E-state index in [0.717, 1.165) is 0 Å². The van der Waals surface area contributed by atoms with Gasteiger partial charge in [0, 0.05) is 5.69 Å². The maximum atomic E-state index is 11.3. The van der Waals surface area contributed by atoms with Gasteiger partial charge in [-0.15, -0.1) is 12.4 Å². The van der Waals surface area contributed by atoms with Crippen LogP contribution in [0.3, 0.4) is 0 Å². The van der Waals surface area contributed by atoms with Gasteiger partial charge in [-0.2, -0.15) is 0 Å². The van der Waals surface area contributed by atoms with E-state index in [0.29, 0.717) is 11.4 Å². The second-order valence-electron chi connectivity index (χ2n) is 3.78. The van der Waals surface area contributed by atoms with Crippen molar-refractivity contribution >= 4 is 30.0 Å². The van der Waals surface area contributed by atoms with Gasteiger partial charge in [-0.1, -0.05) is 0 Å². The third kappa shape index (κ3) is 6.96. The standard InChI is InChI=1S/C13H18N2O4.ClH/c1-14-9-12(16)15-10-3-5-11(6-4-10)19-8-7-13(17)18-2;/h3-6,14H,7-9H2,1-2H3,(H,15,16);1H. The van der Waals surface area contributed by atoms with Gasteiger partial charge in [-0.05, 0) is 31.3 Å². The molecule has 0 saturated heterocycles. The third-order valence-corrected chi connectivity index (χ3v) is 2.28. The quantitative estimate of drug-likeness (QED) is 0.740. The van der Waals surface area contributed by atoms with E-state index in [9.17, 15) is 9.59 Å². The van der Waals surface area contributed by atoms with Crippen molar-refractivity contribution in [2.24, 2.45) is 0 Å². The summed E-state index contributed by atoms with van der Waals surface area (Å²) in [6.07, 6.45) is 0.206. The highest BCUT2D eigenvalue weighted by molar-refractivity contribution is 5.92. The zero-order valence-electron chi connectivity index (χ0n) is 11.5. The number of hydrogen-bond donors (Lipinski definition) is 2. The predicted molar refractivity (Wildman–Crippen MR) is 78.4 cm³/mol. The van der Waals surface area contributed by atoms with E-state index in [1.807, 2.05) is 0 Å². The fourth-order valence-corrected chi connectivity index (χ4v) is 1.35. The summed E-state index contributed by atoms with van der Waals surface area (Å²) in [5.74, 6) is 0.216. The number of anilines is 1. The van der Waals surface area contributed by atoms with E-state index in [-0.39, 0.29) is 43.9 Å². The lowest BCUT2D eigenvalue weighted by molar-refractivity contribution is -0.141. The molecule has 1 amide bonds. The highest BCUT2D eigenvalue weighted by Crippen LogP contribution is 2.15. The second-order valence-corrected chi connectivity index (χ2v) is 3.78. The van der Waals surface area contributed by atoms with Crippen molar-refractivity contribution in [1.29, 1.82) is 0 Å². The Bertz CT molecular complexity index is 423. The highest BCUT2D eigenvalue weighted by atomic mass is 35.5. The molecule has 0 aliphatic heterocycles. The minimum absolute atomic E-state index is 0. The monoisotopic (exact) mass is 302 g/mol. The van der Waals surface area contributed by atoms with Crippen molar-refractivity contribution in [1.82, 2.24) is 5.32 Å². The maximum Gasteiger partial charge on any atom is 0.308 e. The Morgan fingerprint density at radius 2 is 1.85 bits per heavy atom. The van der Waals surface area contributed by atoms with Crippen LogP contribution in [0.5, 0.6) is 5.75 Å². The number of esters is 1. The van der Waals surface area contributed by atoms with Gasteiger partial charge in [0.25, 0.3) is 0 Å². The largest absolute Gasteiger partial charge is 0.493 e. The Morgan fingerprint density at radius 1 is 1.20 bits per heavy atom. The van der Waals surface area contributed by atoms with Crippen LogP contribution >= 0.6 is 12.4 Å². The number of halogens is 1. The van der Waals surface area contributed by atoms with Crippen molar-refractivity contribution in [2.75, 3.05) is 32.6 Å². The van der Waals surface area contributed by atoms with E-state index in [4.69, 9.17) is 4.74 Å². The van der Waals surface area contributed by atoms with E-state index in [1.54, 1.807) is 31.3 Å². The molecule has 0 heterocycles. The van der Waals surface area contributed by atoms with Gasteiger partial charge in [0.2, 0.25) is 5.91 Å². The van der Waals surface area contributed by atoms with Crippen LogP contribution in [0.2, 0.25) is 0 Å². The van der Waals surface area contributed by atoms with Gasteiger partial charge in [0.1, 0.15) is 5.75 Å². The number of hydrogen-bond acceptors (Lipinski definition) is 5. The lowest BCUT2D eigenvalue weighted by Crippen LogP contribution is -2.24. The van der Waals surface area contributed by atoms with Gasteiger partial charge in [-0.3, -0.25) is 9.59 Å². The molecule has 0 bridgehead atoms. The molecule has 0 unspecified atom stereocenters. The average molecular weight is 303 g/mol. The van der Waals surface area contributed by atoms with Crippen LogP contribution in [0.15, 0.2) is 24.3 Å². The molecule has 0 aromatic heterocycles. The Hall–Kier alpha value is -1.79. The van der Waals surface area contributed by atoms with E-state index >= 15 is 0 Å². The molecule has 7 heteroatoms. The molecule has 0 saturated carbocycles. The molecule has 1 aromatic carbocycles. The summed E-state index contributed by atoms with van der Waals surface area (Å²) in [7, 11) is 3.04. The van der Waals surface area contributed by atoms with Gasteiger partial charge >= 0.3 is 5.97 Å². The van der Waals surface area contributed by atoms with Crippen LogP contribution in [-0.2, 0) is 14.3 Å². The molecule has 0 spiro atoms. The predicted octanol–water partition coefficient (Wildman–Crippen LogP) is 1.21. The number of methoxy groups -OCH3 is 1. The highest BCUT2D eigenvalue weighted by Gasteiger charge is 2.02. The SMILES string of the molecule is CNCC(=O)Nc1ccc(OCCC(=O)OC)cc1.Cl. The number of carbonyl (C=O) groups is 2. The number of carbonyl (C=O) groups excluding carboxylic acids is 2. The van der Waals surface area contributed by atoms with Crippen molar-refractivity contribution < 1.29 is 19.1 Å². The number of nitrogens with one attached hydrogen (secondary N) is 2. The van der Waals surface area contributed by atoms with Crippen LogP contribution in [0.1, 0.15) is 6.42 Å². The number of ether oxygens (including phenoxy) is 2. The summed E-state index contributed by atoms with van der Waals surface area (Å²) in [5.41, 5.74) is 0.695. The van der Waals surface area contributed by atoms with Crippen LogP contribution < -0.4 is 15.4 Å². The zero-order chi connectivity index (χ0) is 14.1. The van der Waals surface area contributed by atoms with Gasteiger partial charge in [0.05, 0.1) is 26.7 Å². The zero-order valence-corrected chi connectivity index (χ0v) is 12.3. The van der Waals surface area contributed by atoms with Gasteiger partial charge in [-0.25, -0.2) is 0 Å². The fraction of sp³-hybridized carbons (Fsp3) is 0.385. The molecule has 0 radical (unpaired) electrons. The molecule has 2 N–H and O–H groups in total. The number of rotatable bonds is 7. The third-order valence-electron chi connectivity index (χ3n) is 2.28. The first-order chi connectivity index (χ1) is 9.15. The Morgan fingerprint density at radius 3 is 2.40 bits per heavy atom. The Kier molecular flexibility index (Phi) is 9.15. The minimum atomic E-state index is -0.309. The summed E-state index contributed by atoms with van der Waals surface area (Å²) in [6, 6.07) is 6.93. The molecular weight excluding hydrogens is 284 g/mol. The van der Waals surface area contributed by atoms with E-state index in [2.05, 4.69) is 15.4 Å². The number of likely N-dealkylation sites (N-methyl/N-ethyl adjacent to an activating group) is 1. The molecule has 0 atom stereocenters. The van der Waals surface area contributed by atoms with Crippen molar-refractivity contribution in [2.45, 2.75) is 6.42 Å². The minimum Gasteiger partial charge on any atom is -0.493 e. The lowest BCUT2D eigenvalue weighted by Gasteiger charge is -2.07. The average Bonchev–Trinajstić information content (AvgIpc) is 2.41. The van der Waals surface area contributed by atoms with Crippen LogP contribution in [-0.4, -0.2) is 39.2 Å². The summed E-state index contributed by atoms with van der Waals surface area (Å²) in [6.45, 7) is 0.523. The molecule has 0 fully saturated rings. The normalized spacial score (nSPS) is 9.30. The molecule has 6 nitrogen and oxygen atoms in total. The first kappa shape index (κ1) is 18.2. The molecule has 1 rings (SSSR count). The fourth-order valence-electron chi connectivity index (χ4n) is 1.35. The topological polar surface area (TPSA) is 76.7 Å². The molecule has 1 aromatic rings. The van der Waals surface area contributed by atoms with Crippen molar-refractivity contribution in [3.05, 3.63) is 24.3 Å². The molecule has 0 aliphatic rings. The lowest BCUT2D eigenvalue weighted by atomic mass is 10.3. The summed E-state index contributed by atoms with van der Waals surface area (Å²) in [4.78, 5) is 22.2. The van der Waals surface area contributed by atoms with Crippen molar-refractivity contribution in [3.8, 4) is 5.75 Å². The molecule has 112 valence electrons. The van der Waals surface area contributed by atoms with Gasteiger partial charge in [0.15, 0.2) is 0 Å². The van der Waals surface area contributed by atoms with E-state index < -0.39 is 0 Å². The molecule has 0 aliphatic carbocycles. The number of amides is 1. The molecular formula is C13H19ClN2O4. The first-order valence-electron chi connectivity index (χ1n) is 5.90. The van der Waals surface area contributed by atoms with Crippen LogP contribution in [0.4, 0.5) is 5.69 Å². The first-order valence-corrected chi connectivity index (χ1v) is 5.90. The smallest absolute Gasteiger partial charge is 0.308 e. The second kappa shape index (κ2) is 10.1. The summed E-state index contributed by atoms with van der Waals surface area (Å²) < 4.78 is 9.86. The van der Waals surface area contributed by atoms with Crippen LogP contribution in [0.25, 0.3) is 0 Å². The van der Waals surface area contributed by atoms with Gasteiger partial charge < -0.3 is 20.1 Å². The number of benzene rings is 1. The Balaban J connectivity index is 0.00000361. The van der Waals surface area contributed by atoms with Crippen molar-refractivity contribution in [3.63, 3.8) is 0 Å². The summed E-state index contributed by atoms with van der Waals surface area (Å²) in [5, 5.41) is 5.48.